The van der Waals surface area contributed by atoms with Crippen molar-refractivity contribution in [2.75, 3.05) is 0 Å². The first-order chi connectivity index (χ1) is 8.70. The number of hydrogen-bond donors (Lipinski definition) is 2. The number of aliphatic hydroxyl groups is 2. The number of rotatable bonds is 8. The van der Waals surface area contributed by atoms with Crippen LogP contribution in [0.2, 0.25) is 0 Å². The predicted molar refractivity (Wildman–Crippen MR) is 77.1 cm³/mol. The molecule has 0 aromatic heterocycles. The minimum atomic E-state index is -0.632. The molecule has 0 aliphatic carbocycles. The maximum atomic E-state index is 9.57. The van der Waals surface area contributed by atoms with Crippen molar-refractivity contribution in [3.05, 3.63) is 24.3 Å². The molecule has 0 spiro atoms. The van der Waals surface area contributed by atoms with Crippen LogP contribution in [0.4, 0.5) is 0 Å². The molecule has 0 aromatic carbocycles. The highest BCUT2D eigenvalue weighted by Gasteiger charge is 1.99. The Morgan fingerprint density at radius 3 is 1.50 bits per heavy atom. The number of allylic oxidation sites excluding steroid dienone is 4. The average molecular weight is 250 g/mol. The van der Waals surface area contributed by atoms with Crippen LogP contribution >= 0.6 is 0 Å². The standard InChI is InChI=1S/C16H26O2/c1-3-5-7-9-11-15(17)13-14-16(18)12-10-8-6-4-2/h5-8,15-18H,3-4,9-12H2,1-2H3. The van der Waals surface area contributed by atoms with E-state index in [0.717, 1.165) is 25.7 Å². The molecule has 102 valence electrons. The molecule has 0 fully saturated rings. The topological polar surface area (TPSA) is 40.5 Å². The summed E-state index contributed by atoms with van der Waals surface area (Å²) in [6.07, 6.45) is 12.0. The molecule has 0 aliphatic heterocycles. The van der Waals surface area contributed by atoms with Crippen molar-refractivity contribution in [1.82, 2.24) is 0 Å². The molecule has 0 bridgehead atoms. The predicted octanol–water partition coefficient (Wildman–Crippen LogP) is 3.20. The Balaban J connectivity index is 3.77. The van der Waals surface area contributed by atoms with E-state index in [2.05, 4.69) is 50.0 Å². The zero-order valence-electron chi connectivity index (χ0n) is 11.6. The van der Waals surface area contributed by atoms with Gasteiger partial charge in [0.25, 0.3) is 0 Å². The summed E-state index contributed by atoms with van der Waals surface area (Å²) < 4.78 is 0. The van der Waals surface area contributed by atoms with Crippen LogP contribution in [-0.4, -0.2) is 22.4 Å². The van der Waals surface area contributed by atoms with Gasteiger partial charge in [-0.05, 0) is 38.5 Å². The first-order valence-corrected chi connectivity index (χ1v) is 6.87. The van der Waals surface area contributed by atoms with Crippen molar-refractivity contribution in [2.45, 2.75) is 64.6 Å². The van der Waals surface area contributed by atoms with Crippen LogP contribution in [0.3, 0.4) is 0 Å². The Morgan fingerprint density at radius 2 is 1.17 bits per heavy atom. The van der Waals surface area contributed by atoms with E-state index in [4.69, 9.17) is 0 Å². The second-order valence-electron chi connectivity index (χ2n) is 4.23. The Labute approximate surface area is 111 Å². The quantitative estimate of drug-likeness (QED) is 0.513. The van der Waals surface area contributed by atoms with Crippen molar-refractivity contribution in [2.24, 2.45) is 0 Å². The maximum absolute atomic E-state index is 9.57. The molecular formula is C16H26O2. The molecule has 0 aliphatic rings. The third-order valence-corrected chi connectivity index (χ3v) is 2.43. The second-order valence-corrected chi connectivity index (χ2v) is 4.23. The van der Waals surface area contributed by atoms with Crippen molar-refractivity contribution in [1.29, 1.82) is 0 Å². The van der Waals surface area contributed by atoms with E-state index in [9.17, 15) is 10.2 Å². The molecular weight excluding hydrogens is 224 g/mol. The lowest BCUT2D eigenvalue weighted by Crippen LogP contribution is -2.06. The van der Waals surface area contributed by atoms with Gasteiger partial charge in [-0.15, -0.1) is 0 Å². The van der Waals surface area contributed by atoms with Crippen molar-refractivity contribution in [3.8, 4) is 11.8 Å². The largest absolute Gasteiger partial charge is 0.380 e. The first kappa shape index (κ1) is 17.0. The molecule has 18 heavy (non-hydrogen) atoms. The van der Waals surface area contributed by atoms with E-state index in [-0.39, 0.29) is 0 Å². The lowest BCUT2D eigenvalue weighted by molar-refractivity contribution is 0.213. The molecule has 0 saturated carbocycles. The fourth-order valence-electron chi connectivity index (χ4n) is 1.41. The van der Waals surface area contributed by atoms with Crippen LogP contribution < -0.4 is 0 Å². The van der Waals surface area contributed by atoms with Gasteiger partial charge < -0.3 is 10.2 Å². The summed E-state index contributed by atoms with van der Waals surface area (Å²) in [5.41, 5.74) is 0. The number of hydrogen-bond acceptors (Lipinski definition) is 2. The van der Waals surface area contributed by atoms with Gasteiger partial charge in [0, 0.05) is 0 Å². The van der Waals surface area contributed by atoms with E-state index in [1.807, 2.05) is 0 Å². The Hall–Kier alpha value is -1.04. The van der Waals surface area contributed by atoms with Gasteiger partial charge in [-0.2, -0.15) is 0 Å². The van der Waals surface area contributed by atoms with Crippen molar-refractivity contribution >= 4 is 0 Å². The van der Waals surface area contributed by atoms with Gasteiger partial charge in [0.2, 0.25) is 0 Å². The van der Waals surface area contributed by atoms with Crippen LogP contribution in [0.25, 0.3) is 0 Å². The second kappa shape index (κ2) is 12.4. The average Bonchev–Trinajstić information content (AvgIpc) is 2.37. The molecule has 0 heterocycles. The summed E-state index contributed by atoms with van der Waals surface area (Å²) in [5, 5.41) is 19.1. The molecule has 2 nitrogen and oxygen atoms in total. The van der Waals surface area contributed by atoms with Crippen LogP contribution in [0.5, 0.6) is 0 Å². The molecule has 0 amide bonds. The third-order valence-electron chi connectivity index (χ3n) is 2.43. The highest BCUT2D eigenvalue weighted by molar-refractivity contribution is 5.09. The van der Waals surface area contributed by atoms with Crippen molar-refractivity contribution in [3.63, 3.8) is 0 Å². The summed E-state index contributed by atoms with van der Waals surface area (Å²) in [7, 11) is 0. The SMILES string of the molecule is CCC=CCCC(O)C#CC(O)CCC=CCC. The van der Waals surface area contributed by atoms with E-state index >= 15 is 0 Å². The zero-order valence-corrected chi connectivity index (χ0v) is 11.6. The molecule has 2 atom stereocenters. The van der Waals surface area contributed by atoms with E-state index < -0.39 is 12.2 Å². The summed E-state index contributed by atoms with van der Waals surface area (Å²) in [6, 6.07) is 0. The van der Waals surface area contributed by atoms with Crippen molar-refractivity contribution < 1.29 is 10.2 Å². The van der Waals surface area contributed by atoms with Gasteiger partial charge in [-0.1, -0.05) is 50.0 Å². The molecule has 2 heteroatoms. The smallest absolute Gasteiger partial charge is 0.115 e. The fourth-order valence-corrected chi connectivity index (χ4v) is 1.41. The summed E-state index contributed by atoms with van der Waals surface area (Å²) in [5.74, 6) is 5.40. The van der Waals surface area contributed by atoms with Gasteiger partial charge in [0.05, 0.1) is 0 Å². The van der Waals surface area contributed by atoms with Crippen LogP contribution in [0, 0.1) is 11.8 Å². The molecule has 0 radical (unpaired) electrons. The van der Waals surface area contributed by atoms with E-state index in [1.54, 1.807) is 0 Å². The highest BCUT2D eigenvalue weighted by atomic mass is 16.3. The Morgan fingerprint density at radius 1 is 0.778 bits per heavy atom. The van der Waals surface area contributed by atoms with Gasteiger partial charge in [0.1, 0.15) is 12.2 Å². The van der Waals surface area contributed by atoms with Crippen LogP contribution in [-0.2, 0) is 0 Å². The van der Waals surface area contributed by atoms with Gasteiger partial charge >= 0.3 is 0 Å². The molecule has 0 rings (SSSR count). The van der Waals surface area contributed by atoms with E-state index in [1.165, 1.54) is 0 Å². The molecule has 2 unspecified atom stereocenters. The van der Waals surface area contributed by atoms with Crippen LogP contribution in [0.1, 0.15) is 52.4 Å². The molecule has 0 aromatic rings. The monoisotopic (exact) mass is 250 g/mol. The van der Waals surface area contributed by atoms with Gasteiger partial charge in [-0.25, -0.2) is 0 Å². The molecule has 2 N–H and O–H groups in total. The Kier molecular flexibility index (Phi) is 11.7. The summed E-state index contributed by atoms with van der Waals surface area (Å²) in [4.78, 5) is 0. The normalized spacial score (nSPS) is 14.7. The first-order valence-electron chi connectivity index (χ1n) is 6.87. The third kappa shape index (κ3) is 11.4. The minimum Gasteiger partial charge on any atom is -0.380 e. The Bertz CT molecular complexity index is 266. The minimum absolute atomic E-state index is 0.631. The lowest BCUT2D eigenvalue weighted by Gasteiger charge is -2.02. The maximum Gasteiger partial charge on any atom is 0.115 e. The van der Waals surface area contributed by atoms with E-state index in [0.29, 0.717) is 12.8 Å². The fraction of sp³-hybridized carbons (Fsp3) is 0.625. The summed E-state index contributed by atoms with van der Waals surface area (Å²) in [6.45, 7) is 4.16. The lowest BCUT2D eigenvalue weighted by atomic mass is 10.1. The highest BCUT2D eigenvalue weighted by Crippen LogP contribution is 2.00. The van der Waals surface area contributed by atoms with Gasteiger partial charge in [0.15, 0.2) is 0 Å². The number of aliphatic hydroxyl groups excluding tert-OH is 2. The van der Waals surface area contributed by atoms with Gasteiger partial charge in [-0.3, -0.25) is 0 Å². The molecule has 0 saturated heterocycles. The zero-order chi connectivity index (χ0) is 13.6. The summed E-state index contributed by atoms with van der Waals surface area (Å²) >= 11 is 0. The van der Waals surface area contributed by atoms with Crippen LogP contribution in [0.15, 0.2) is 24.3 Å².